The molecule has 0 aliphatic heterocycles. The van der Waals surface area contributed by atoms with Gasteiger partial charge in [-0.2, -0.15) is 0 Å². The first-order chi connectivity index (χ1) is 11.9. The maximum Gasteiger partial charge on any atom is 0.0632 e. The van der Waals surface area contributed by atoms with Crippen molar-refractivity contribution in [3.8, 4) is 5.69 Å². The minimum absolute atomic E-state index is 0.999. The SMILES string of the molecule is Cc1ccc(-n2c(C)cc(C=Nc3ccc(C)c(C)c3)c2C)c(C)c1. The van der Waals surface area contributed by atoms with E-state index in [0.29, 0.717) is 0 Å². The van der Waals surface area contributed by atoms with Gasteiger partial charge in [-0.3, -0.25) is 4.99 Å². The molecule has 0 N–H and O–H groups in total. The molecule has 2 nitrogen and oxygen atoms in total. The molecule has 1 aromatic heterocycles. The van der Waals surface area contributed by atoms with E-state index in [-0.39, 0.29) is 0 Å². The van der Waals surface area contributed by atoms with Crippen LogP contribution in [0, 0.1) is 41.5 Å². The maximum atomic E-state index is 4.69. The van der Waals surface area contributed by atoms with E-state index in [9.17, 15) is 0 Å². The second kappa shape index (κ2) is 6.72. The molecule has 3 aromatic rings. The lowest BCUT2D eigenvalue weighted by Crippen LogP contribution is -2.02. The highest BCUT2D eigenvalue weighted by Crippen LogP contribution is 2.24. The number of benzene rings is 2. The third-order valence-corrected chi connectivity index (χ3v) is 4.91. The van der Waals surface area contributed by atoms with Gasteiger partial charge in [0.2, 0.25) is 0 Å². The van der Waals surface area contributed by atoms with Crippen molar-refractivity contribution < 1.29 is 0 Å². The van der Waals surface area contributed by atoms with Crippen molar-refractivity contribution in [2.24, 2.45) is 4.99 Å². The summed E-state index contributed by atoms with van der Waals surface area (Å²) >= 11 is 0. The number of hydrogen-bond acceptors (Lipinski definition) is 1. The topological polar surface area (TPSA) is 17.3 Å². The number of rotatable bonds is 3. The van der Waals surface area contributed by atoms with E-state index in [1.165, 1.54) is 39.3 Å². The summed E-state index contributed by atoms with van der Waals surface area (Å²) in [6.07, 6.45) is 1.98. The van der Waals surface area contributed by atoms with Crippen molar-refractivity contribution in [3.63, 3.8) is 0 Å². The van der Waals surface area contributed by atoms with Gasteiger partial charge in [0.1, 0.15) is 0 Å². The molecule has 0 atom stereocenters. The lowest BCUT2D eigenvalue weighted by Gasteiger charge is -2.13. The Bertz CT molecular complexity index is 958. The van der Waals surface area contributed by atoms with Crippen molar-refractivity contribution in [1.29, 1.82) is 0 Å². The summed E-state index contributed by atoms with van der Waals surface area (Å²) in [4.78, 5) is 4.69. The van der Waals surface area contributed by atoms with E-state index in [1.807, 2.05) is 6.21 Å². The van der Waals surface area contributed by atoms with Crippen LogP contribution in [0.25, 0.3) is 5.69 Å². The van der Waals surface area contributed by atoms with Gasteiger partial charge in [-0.1, -0.05) is 23.8 Å². The largest absolute Gasteiger partial charge is 0.318 e. The highest BCUT2D eigenvalue weighted by atomic mass is 15.0. The number of aliphatic imine (C=N–C) groups is 1. The van der Waals surface area contributed by atoms with E-state index in [0.717, 1.165) is 11.3 Å². The van der Waals surface area contributed by atoms with Gasteiger partial charge >= 0.3 is 0 Å². The van der Waals surface area contributed by atoms with E-state index in [4.69, 9.17) is 0 Å². The fourth-order valence-electron chi connectivity index (χ4n) is 3.30. The third kappa shape index (κ3) is 3.43. The van der Waals surface area contributed by atoms with E-state index >= 15 is 0 Å². The standard InChI is InChI=1S/C23H26N2/c1-15-7-10-23(18(4)11-15)25-19(5)13-21(20(25)6)14-24-22-9-8-16(2)17(3)12-22/h7-14H,1-6H3. The third-order valence-electron chi connectivity index (χ3n) is 4.91. The van der Waals surface area contributed by atoms with Crippen molar-refractivity contribution in [3.05, 3.63) is 81.7 Å². The van der Waals surface area contributed by atoms with Crippen LogP contribution >= 0.6 is 0 Å². The van der Waals surface area contributed by atoms with Crippen LogP contribution in [0.15, 0.2) is 47.5 Å². The molecular weight excluding hydrogens is 304 g/mol. The minimum Gasteiger partial charge on any atom is -0.318 e. The molecule has 0 amide bonds. The smallest absolute Gasteiger partial charge is 0.0632 e. The Morgan fingerprint density at radius 3 is 2.20 bits per heavy atom. The van der Waals surface area contributed by atoms with Gasteiger partial charge in [0.15, 0.2) is 0 Å². The first kappa shape index (κ1) is 17.2. The summed E-state index contributed by atoms with van der Waals surface area (Å²) in [6.45, 7) is 12.9. The average Bonchev–Trinajstić information content (AvgIpc) is 2.83. The van der Waals surface area contributed by atoms with Gasteiger partial charge in [0.05, 0.1) is 5.69 Å². The number of hydrogen-bond donors (Lipinski definition) is 0. The van der Waals surface area contributed by atoms with Gasteiger partial charge in [0, 0.05) is 28.9 Å². The predicted octanol–water partition coefficient (Wildman–Crippen LogP) is 6.08. The molecule has 1 heterocycles. The normalized spacial score (nSPS) is 11.4. The zero-order valence-corrected chi connectivity index (χ0v) is 16.0. The fraction of sp³-hybridized carbons (Fsp3) is 0.261. The van der Waals surface area contributed by atoms with E-state index in [2.05, 4.69) is 93.6 Å². The summed E-state index contributed by atoms with van der Waals surface area (Å²) in [5, 5.41) is 0. The molecule has 0 aliphatic rings. The first-order valence-electron chi connectivity index (χ1n) is 8.74. The quantitative estimate of drug-likeness (QED) is 0.518. The first-order valence-corrected chi connectivity index (χ1v) is 8.74. The van der Waals surface area contributed by atoms with Crippen LogP contribution in [0.2, 0.25) is 0 Å². The Morgan fingerprint density at radius 2 is 1.52 bits per heavy atom. The van der Waals surface area contributed by atoms with Crippen LogP contribution in [0.5, 0.6) is 0 Å². The van der Waals surface area contributed by atoms with Crippen molar-refractivity contribution in [2.45, 2.75) is 41.5 Å². The van der Waals surface area contributed by atoms with Crippen molar-refractivity contribution >= 4 is 11.9 Å². The van der Waals surface area contributed by atoms with Gasteiger partial charge in [-0.25, -0.2) is 0 Å². The number of aromatic nitrogens is 1. The zero-order chi connectivity index (χ0) is 18.1. The molecule has 0 spiro atoms. The van der Waals surface area contributed by atoms with Gasteiger partial charge < -0.3 is 4.57 Å². The Kier molecular flexibility index (Phi) is 4.63. The lowest BCUT2D eigenvalue weighted by molar-refractivity contribution is 0.953. The molecule has 0 fully saturated rings. The summed E-state index contributed by atoms with van der Waals surface area (Å²) in [6, 6.07) is 15.1. The predicted molar refractivity (Wildman–Crippen MR) is 108 cm³/mol. The Labute approximate surface area is 150 Å². The van der Waals surface area contributed by atoms with Crippen LogP contribution in [0.3, 0.4) is 0 Å². The van der Waals surface area contributed by atoms with Crippen LogP contribution in [0.4, 0.5) is 5.69 Å². The molecular formula is C23H26N2. The van der Waals surface area contributed by atoms with Crippen LogP contribution in [0.1, 0.15) is 39.2 Å². The highest BCUT2D eigenvalue weighted by Gasteiger charge is 2.11. The van der Waals surface area contributed by atoms with Gasteiger partial charge in [0.25, 0.3) is 0 Å². The number of aryl methyl sites for hydroxylation is 5. The summed E-state index contributed by atoms with van der Waals surface area (Å²) in [5.41, 5.74) is 11.0. The Balaban J connectivity index is 1.99. The van der Waals surface area contributed by atoms with Crippen LogP contribution in [-0.4, -0.2) is 10.8 Å². The average molecular weight is 330 g/mol. The fourth-order valence-corrected chi connectivity index (χ4v) is 3.30. The second-order valence-corrected chi connectivity index (χ2v) is 6.98. The Morgan fingerprint density at radius 1 is 0.760 bits per heavy atom. The molecule has 128 valence electrons. The van der Waals surface area contributed by atoms with E-state index in [1.54, 1.807) is 0 Å². The molecule has 0 aliphatic carbocycles. The lowest BCUT2D eigenvalue weighted by atomic mass is 10.1. The highest BCUT2D eigenvalue weighted by molar-refractivity contribution is 5.84. The van der Waals surface area contributed by atoms with Crippen molar-refractivity contribution in [1.82, 2.24) is 4.57 Å². The van der Waals surface area contributed by atoms with Gasteiger partial charge in [-0.05, 0) is 82.5 Å². The minimum atomic E-state index is 0.999. The summed E-state index contributed by atoms with van der Waals surface area (Å²) in [7, 11) is 0. The molecule has 25 heavy (non-hydrogen) atoms. The number of nitrogens with zero attached hydrogens (tertiary/aromatic N) is 2. The maximum absolute atomic E-state index is 4.69. The second-order valence-electron chi connectivity index (χ2n) is 6.98. The van der Waals surface area contributed by atoms with Crippen LogP contribution in [-0.2, 0) is 0 Å². The zero-order valence-electron chi connectivity index (χ0n) is 16.0. The summed E-state index contributed by atoms with van der Waals surface area (Å²) < 4.78 is 2.32. The molecule has 2 heteroatoms. The molecule has 0 bridgehead atoms. The molecule has 3 rings (SSSR count). The molecule has 0 radical (unpaired) electrons. The monoisotopic (exact) mass is 330 g/mol. The molecule has 0 saturated heterocycles. The molecule has 0 unspecified atom stereocenters. The molecule has 0 saturated carbocycles. The van der Waals surface area contributed by atoms with Gasteiger partial charge in [-0.15, -0.1) is 0 Å². The summed E-state index contributed by atoms with van der Waals surface area (Å²) in [5.74, 6) is 0. The van der Waals surface area contributed by atoms with Crippen LogP contribution < -0.4 is 0 Å². The van der Waals surface area contributed by atoms with E-state index < -0.39 is 0 Å². The Hall–Kier alpha value is -2.61. The van der Waals surface area contributed by atoms with Crippen molar-refractivity contribution in [2.75, 3.05) is 0 Å². The molecule has 2 aromatic carbocycles.